The predicted octanol–water partition coefficient (Wildman–Crippen LogP) is 3.43. The minimum Gasteiger partial charge on any atom is -0.347 e. The van der Waals surface area contributed by atoms with E-state index in [1.807, 2.05) is 43.3 Å². The number of carbonyl (C=O) groups is 3. The molecule has 0 bridgehead atoms. The molecule has 152 valence electrons. The third kappa shape index (κ3) is 5.23. The summed E-state index contributed by atoms with van der Waals surface area (Å²) in [5, 5.41) is 5.43. The Bertz CT molecular complexity index is 927. The quantitative estimate of drug-likeness (QED) is 0.697. The van der Waals surface area contributed by atoms with Crippen LogP contribution in [0.3, 0.4) is 0 Å². The van der Waals surface area contributed by atoms with Gasteiger partial charge in [0.05, 0.1) is 12.5 Å². The van der Waals surface area contributed by atoms with E-state index in [4.69, 9.17) is 0 Å². The number of hydrogen-bond acceptors (Lipinski definition) is 3. The molecule has 6 nitrogen and oxygen atoms in total. The molecule has 1 heterocycles. The van der Waals surface area contributed by atoms with Crippen molar-refractivity contribution in [2.24, 2.45) is 5.92 Å². The second-order valence-corrected chi connectivity index (χ2v) is 8.07. The molecule has 3 amide bonds. The molecule has 29 heavy (non-hydrogen) atoms. The van der Waals surface area contributed by atoms with Crippen LogP contribution in [-0.2, 0) is 20.8 Å². The first-order chi connectivity index (χ1) is 13.9. The van der Waals surface area contributed by atoms with Crippen LogP contribution in [0.2, 0.25) is 0 Å². The maximum absolute atomic E-state index is 12.5. The fraction of sp³-hybridized carbons (Fsp3) is 0.318. The average molecular weight is 458 g/mol. The number of carbonyl (C=O) groups excluding carboxylic acids is 3. The van der Waals surface area contributed by atoms with Crippen molar-refractivity contribution >= 4 is 45.0 Å². The highest BCUT2D eigenvalue weighted by Gasteiger charge is 2.35. The normalized spacial score (nSPS) is 16.0. The highest BCUT2D eigenvalue weighted by atomic mass is 79.9. The minimum atomic E-state index is -0.462. The molecule has 7 heteroatoms. The number of nitrogens with zero attached hydrogens (tertiary/aromatic N) is 1. The van der Waals surface area contributed by atoms with Crippen molar-refractivity contribution in [3.05, 3.63) is 58.1 Å². The van der Waals surface area contributed by atoms with E-state index in [2.05, 4.69) is 33.5 Å². The first kappa shape index (κ1) is 21.0. The van der Waals surface area contributed by atoms with Gasteiger partial charge in [-0.15, -0.1) is 0 Å². The number of anilines is 2. The zero-order valence-electron chi connectivity index (χ0n) is 16.5. The number of benzene rings is 2. The summed E-state index contributed by atoms with van der Waals surface area (Å²) in [6, 6.07) is 13.3. The summed E-state index contributed by atoms with van der Waals surface area (Å²) in [5.74, 6) is -1.13. The Balaban J connectivity index is 1.52. The maximum atomic E-state index is 12.5. The number of aryl methyl sites for hydroxylation is 2. The first-order valence-electron chi connectivity index (χ1n) is 9.60. The molecule has 1 aliphatic heterocycles. The first-order valence-corrected chi connectivity index (χ1v) is 10.4. The number of nitrogens with one attached hydrogen (secondary N) is 2. The molecule has 1 fully saturated rings. The number of halogens is 1. The van der Waals surface area contributed by atoms with Gasteiger partial charge < -0.3 is 15.5 Å². The van der Waals surface area contributed by atoms with Crippen LogP contribution in [0.15, 0.2) is 46.9 Å². The second-order valence-electron chi connectivity index (χ2n) is 7.15. The van der Waals surface area contributed by atoms with Crippen LogP contribution < -0.4 is 15.5 Å². The van der Waals surface area contributed by atoms with E-state index >= 15 is 0 Å². The molecule has 2 aromatic rings. The Kier molecular flexibility index (Phi) is 6.69. The van der Waals surface area contributed by atoms with Crippen LogP contribution in [-0.4, -0.2) is 30.8 Å². The van der Waals surface area contributed by atoms with Gasteiger partial charge in [-0.3, -0.25) is 14.4 Å². The van der Waals surface area contributed by atoms with Crippen molar-refractivity contribution in [2.75, 3.05) is 23.3 Å². The monoisotopic (exact) mass is 457 g/mol. The van der Waals surface area contributed by atoms with Crippen molar-refractivity contribution in [2.45, 2.75) is 26.7 Å². The van der Waals surface area contributed by atoms with E-state index < -0.39 is 5.92 Å². The van der Waals surface area contributed by atoms with E-state index in [-0.39, 0.29) is 30.7 Å². The van der Waals surface area contributed by atoms with Crippen LogP contribution in [0.4, 0.5) is 11.4 Å². The predicted molar refractivity (Wildman–Crippen MR) is 117 cm³/mol. The Morgan fingerprint density at radius 1 is 1.17 bits per heavy atom. The van der Waals surface area contributed by atoms with Crippen LogP contribution in [0.5, 0.6) is 0 Å². The Labute approximate surface area is 178 Å². The molecule has 2 N–H and O–H groups in total. The molecule has 0 spiro atoms. The zero-order valence-corrected chi connectivity index (χ0v) is 18.1. The molecule has 1 saturated heterocycles. The fourth-order valence-corrected chi connectivity index (χ4v) is 3.79. The van der Waals surface area contributed by atoms with Crippen LogP contribution in [0, 0.1) is 12.8 Å². The van der Waals surface area contributed by atoms with Gasteiger partial charge in [0.25, 0.3) is 0 Å². The summed E-state index contributed by atoms with van der Waals surface area (Å²) < 4.78 is 0.932. The molecular formula is C22H24BrN3O3. The lowest BCUT2D eigenvalue weighted by Gasteiger charge is -2.17. The molecule has 0 aromatic heterocycles. The van der Waals surface area contributed by atoms with Crippen molar-refractivity contribution in [3.63, 3.8) is 0 Å². The van der Waals surface area contributed by atoms with Gasteiger partial charge in [-0.2, -0.15) is 0 Å². The van der Waals surface area contributed by atoms with Gasteiger partial charge >= 0.3 is 0 Å². The van der Waals surface area contributed by atoms with E-state index in [0.29, 0.717) is 12.2 Å². The fourth-order valence-electron chi connectivity index (χ4n) is 3.32. The molecule has 0 unspecified atom stereocenters. The molecule has 3 rings (SSSR count). The highest BCUT2D eigenvalue weighted by molar-refractivity contribution is 9.10. The highest BCUT2D eigenvalue weighted by Crippen LogP contribution is 2.25. The third-order valence-corrected chi connectivity index (χ3v) is 5.53. The smallest absolute Gasteiger partial charge is 0.243 e. The van der Waals surface area contributed by atoms with Crippen molar-refractivity contribution < 1.29 is 14.4 Å². The molecule has 0 radical (unpaired) electrons. The van der Waals surface area contributed by atoms with Crippen LogP contribution >= 0.6 is 15.9 Å². The Hall–Kier alpha value is -2.67. The number of rotatable bonds is 6. The van der Waals surface area contributed by atoms with E-state index in [1.54, 1.807) is 11.0 Å². The SMILES string of the molecule is CCc1ccc(N2C[C@H](C(=O)NCC(=O)Nc3ccc(Br)cc3C)CC2=O)cc1. The van der Waals surface area contributed by atoms with Gasteiger partial charge in [0.2, 0.25) is 17.7 Å². The summed E-state index contributed by atoms with van der Waals surface area (Å²) in [6.07, 6.45) is 1.08. The summed E-state index contributed by atoms with van der Waals surface area (Å²) in [4.78, 5) is 38.6. The van der Waals surface area contributed by atoms with Crippen LogP contribution in [0.25, 0.3) is 0 Å². The third-order valence-electron chi connectivity index (χ3n) is 5.04. The standard InChI is InChI=1S/C22H24BrN3O3/c1-3-15-4-7-18(8-5-15)26-13-16(11-21(26)28)22(29)24-12-20(27)25-19-9-6-17(23)10-14(19)2/h4-10,16H,3,11-13H2,1-2H3,(H,24,29)(H,25,27)/t16-/m1/s1. The Morgan fingerprint density at radius 3 is 2.55 bits per heavy atom. The van der Waals surface area contributed by atoms with E-state index in [0.717, 1.165) is 22.1 Å². The molecule has 1 atom stereocenters. The minimum absolute atomic E-state index is 0.0793. The lowest BCUT2D eigenvalue weighted by Crippen LogP contribution is -2.38. The summed E-state index contributed by atoms with van der Waals surface area (Å²) in [7, 11) is 0. The van der Waals surface area contributed by atoms with Gasteiger partial charge in [0, 0.05) is 28.8 Å². The number of amides is 3. The number of hydrogen-bond donors (Lipinski definition) is 2. The van der Waals surface area contributed by atoms with E-state index in [1.165, 1.54) is 5.56 Å². The Morgan fingerprint density at radius 2 is 1.90 bits per heavy atom. The topological polar surface area (TPSA) is 78.5 Å². The second kappa shape index (κ2) is 9.22. The molecule has 2 aromatic carbocycles. The summed E-state index contributed by atoms with van der Waals surface area (Å²) in [5.41, 5.74) is 3.61. The van der Waals surface area contributed by atoms with Crippen LogP contribution in [0.1, 0.15) is 24.5 Å². The molecule has 0 aliphatic carbocycles. The zero-order chi connectivity index (χ0) is 21.0. The molecular weight excluding hydrogens is 434 g/mol. The lowest BCUT2D eigenvalue weighted by molar-refractivity contribution is -0.127. The van der Waals surface area contributed by atoms with Gasteiger partial charge in [-0.25, -0.2) is 0 Å². The van der Waals surface area contributed by atoms with Crippen molar-refractivity contribution in [1.29, 1.82) is 0 Å². The summed E-state index contributed by atoms with van der Waals surface area (Å²) >= 11 is 3.38. The molecule has 1 aliphatic rings. The van der Waals surface area contributed by atoms with Crippen molar-refractivity contribution in [1.82, 2.24) is 5.32 Å². The summed E-state index contributed by atoms with van der Waals surface area (Å²) in [6.45, 7) is 4.16. The molecule has 0 saturated carbocycles. The van der Waals surface area contributed by atoms with E-state index in [9.17, 15) is 14.4 Å². The van der Waals surface area contributed by atoms with Gasteiger partial charge in [0.1, 0.15) is 0 Å². The average Bonchev–Trinajstić information content (AvgIpc) is 3.10. The maximum Gasteiger partial charge on any atom is 0.243 e. The lowest BCUT2D eigenvalue weighted by atomic mass is 10.1. The van der Waals surface area contributed by atoms with Gasteiger partial charge in [0.15, 0.2) is 0 Å². The van der Waals surface area contributed by atoms with Gasteiger partial charge in [-0.05, 0) is 54.8 Å². The van der Waals surface area contributed by atoms with Gasteiger partial charge in [-0.1, -0.05) is 35.0 Å². The largest absolute Gasteiger partial charge is 0.347 e. The van der Waals surface area contributed by atoms with Crippen molar-refractivity contribution in [3.8, 4) is 0 Å².